The number of piperazine rings is 1. The summed E-state index contributed by atoms with van der Waals surface area (Å²) in [5.74, 6) is 0.173. The van der Waals surface area contributed by atoms with Gasteiger partial charge in [-0.3, -0.25) is 4.79 Å². The van der Waals surface area contributed by atoms with Gasteiger partial charge in [0.05, 0.1) is 0 Å². The summed E-state index contributed by atoms with van der Waals surface area (Å²) in [5.41, 5.74) is 0. The number of hydrogen-bond donors (Lipinski definition) is 2. The third kappa shape index (κ3) is 10.1. The predicted molar refractivity (Wildman–Crippen MR) is 79.9 cm³/mol. The van der Waals surface area contributed by atoms with E-state index in [0.717, 1.165) is 65.1 Å². The number of methoxy groups -OCH3 is 1. The van der Waals surface area contributed by atoms with Crippen LogP contribution in [0.4, 0.5) is 0 Å². The number of hydrogen-bond acceptors (Lipinski definition) is 4. The average molecular weight is 294 g/mol. The molecule has 2 N–H and O–H groups in total. The molecule has 114 valence electrons. The second-order valence-electron chi connectivity index (χ2n) is 4.75. The molecule has 1 aliphatic rings. The highest BCUT2D eigenvalue weighted by Gasteiger charge is 2.08. The molecule has 19 heavy (non-hydrogen) atoms. The molecular weight excluding hydrogens is 266 g/mol. The van der Waals surface area contributed by atoms with Gasteiger partial charge in [0, 0.05) is 52.9 Å². The first-order valence-electron chi connectivity index (χ1n) is 7.01. The molecule has 1 fully saturated rings. The fourth-order valence-electron chi connectivity index (χ4n) is 2.09. The van der Waals surface area contributed by atoms with Gasteiger partial charge in [0.25, 0.3) is 0 Å². The Bertz CT molecular complexity index is 224. The monoisotopic (exact) mass is 293 g/mol. The lowest BCUT2D eigenvalue weighted by atomic mass is 10.2. The van der Waals surface area contributed by atoms with Crippen molar-refractivity contribution in [2.24, 2.45) is 0 Å². The third-order valence-electron chi connectivity index (χ3n) is 3.19. The van der Waals surface area contributed by atoms with Gasteiger partial charge in [0.2, 0.25) is 5.91 Å². The number of nitrogens with zero attached hydrogens (tertiary/aromatic N) is 1. The van der Waals surface area contributed by atoms with Gasteiger partial charge in [-0.2, -0.15) is 0 Å². The lowest BCUT2D eigenvalue weighted by Gasteiger charge is -2.27. The highest BCUT2D eigenvalue weighted by atomic mass is 35.5. The van der Waals surface area contributed by atoms with Crippen molar-refractivity contribution in [2.75, 3.05) is 53.0 Å². The van der Waals surface area contributed by atoms with E-state index in [1.807, 2.05) is 0 Å². The van der Waals surface area contributed by atoms with Crippen molar-refractivity contribution in [2.45, 2.75) is 25.7 Å². The Morgan fingerprint density at radius 2 is 2.00 bits per heavy atom. The molecule has 0 radical (unpaired) electrons. The lowest BCUT2D eigenvalue weighted by Crippen LogP contribution is -2.44. The quantitative estimate of drug-likeness (QED) is 0.613. The topological polar surface area (TPSA) is 53.6 Å². The van der Waals surface area contributed by atoms with Crippen LogP contribution in [0.1, 0.15) is 25.7 Å². The van der Waals surface area contributed by atoms with Crippen LogP contribution in [-0.4, -0.2) is 63.8 Å². The minimum atomic E-state index is 0. The van der Waals surface area contributed by atoms with E-state index in [9.17, 15) is 4.79 Å². The second-order valence-corrected chi connectivity index (χ2v) is 4.75. The summed E-state index contributed by atoms with van der Waals surface area (Å²) in [5, 5.41) is 6.31. The number of amides is 1. The Balaban J connectivity index is 0.00000324. The van der Waals surface area contributed by atoms with Gasteiger partial charge in [-0.05, 0) is 25.8 Å². The molecule has 0 bridgehead atoms. The smallest absolute Gasteiger partial charge is 0.219 e. The van der Waals surface area contributed by atoms with Crippen LogP contribution in [0.5, 0.6) is 0 Å². The molecule has 5 nitrogen and oxygen atoms in total. The van der Waals surface area contributed by atoms with Gasteiger partial charge in [0.1, 0.15) is 0 Å². The maximum absolute atomic E-state index is 11.5. The van der Waals surface area contributed by atoms with Gasteiger partial charge < -0.3 is 20.3 Å². The average Bonchev–Trinajstić information content (AvgIpc) is 2.41. The molecular formula is C13H28ClN3O2. The summed E-state index contributed by atoms with van der Waals surface area (Å²) in [4.78, 5) is 13.9. The summed E-state index contributed by atoms with van der Waals surface area (Å²) in [6.07, 6.45) is 3.54. The summed E-state index contributed by atoms with van der Waals surface area (Å²) in [7, 11) is 1.69. The van der Waals surface area contributed by atoms with Gasteiger partial charge >= 0.3 is 0 Å². The van der Waals surface area contributed by atoms with Crippen LogP contribution >= 0.6 is 12.4 Å². The molecule has 1 rings (SSSR count). The number of unbranched alkanes of at least 4 members (excludes halogenated alkanes) is 1. The lowest BCUT2D eigenvalue weighted by molar-refractivity contribution is -0.121. The molecule has 0 unspecified atom stereocenters. The minimum absolute atomic E-state index is 0. The number of rotatable bonds is 9. The Morgan fingerprint density at radius 3 is 2.68 bits per heavy atom. The van der Waals surface area contributed by atoms with Crippen molar-refractivity contribution in [3.8, 4) is 0 Å². The van der Waals surface area contributed by atoms with E-state index >= 15 is 0 Å². The number of nitrogens with one attached hydrogen (secondary N) is 2. The van der Waals surface area contributed by atoms with Crippen LogP contribution in [0.15, 0.2) is 0 Å². The van der Waals surface area contributed by atoms with E-state index in [1.54, 1.807) is 7.11 Å². The molecule has 0 aromatic heterocycles. The van der Waals surface area contributed by atoms with E-state index in [4.69, 9.17) is 4.74 Å². The fourth-order valence-corrected chi connectivity index (χ4v) is 2.09. The molecule has 1 aliphatic heterocycles. The molecule has 1 amide bonds. The predicted octanol–water partition coefficient (Wildman–Crippen LogP) is 0.636. The number of carbonyl (C=O) groups excluding carboxylic acids is 1. The zero-order valence-corrected chi connectivity index (χ0v) is 12.8. The summed E-state index contributed by atoms with van der Waals surface area (Å²) in [6.45, 7) is 7.07. The third-order valence-corrected chi connectivity index (χ3v) is 3.19. The van der Waals surface area contributed by atoms with Crippen molar-refractivity contribution < 1.29 is 9.53 Å². The van der Waals surface area contributed by atoms with E-state index in [-0.39, 0.29) is 18.3 Å². The van der Waals surface area contributed by atoms with Crippen LogP contribution in [-0.2, 0) is 9.53 Å². The maximum Gasteiger partial charge on any atom is 0.219 e. The Morgan fingerprint density at radius 1 is 1.26 bits per heavy atom. The van der Waals surface area contributed by atoms with Gasteiger partial charge in [0.15, 0.2) is 0 Å². The van der Waals surface area contributed by atoms with Gasteiger partial charge in [-0.15, -0.1) is 12.4 Å². The SMILES string of the molecule is COCCCCC(=O)NCCCN1CCNCC1.Cl. The normalized spacial score (nSPS) is 15.8. The van der Waals surface area contributed by atoms with Crippen molar-refractivity contribution in [1.82, 2.24) is 15.5 Å². The number of halogens is 1. The first-order chi connectivity index (χ1) is 8.83. The Labute approximate surface area is 122 Å². The van der Waals surface area contributed by atoms with Gasteiger partial charge in [-0.1, -0.05) is 0 Å². The maximum atomic E-state index is 11.5. The van der Waals surface area contributed by atoms with Crippen LogP contribution in [0.25, 0.3) is 0 Å². The van der Waals surface area contributed by atoms with Crippen LogP contribution in [0.3, 0.4) is 0 Å². The second kappa shape index (κ2) is 12.7. The molecule has 6 heteroatoms. The first-order valence-corrected chi connectivity index (χ1v) is 7.01. The van der Waals surface area contributed by atoms with Crippen LogP contribution in [0, 0.1) is 0 Å². The standard InChI is InChI=1S/C13H27N3O2.ClH/c1-18-12-3-2-5-13(17)15-6-4-9-16-10-7-14-8-11-16;/h14H,2-12H2,1H3,(H,15,17);1H. The molecule has 0 spiro atoms. The summed E-state index contributed by atoms with van der Waals surface area (Å²) < 4.78 is 4.95. The van der Waals surface area contributed by atoms with Crippen molar-refractivity contribution >= 4 is 18.3 Å². The molecule has 1 saturated heterocycles. The number of ether oxygens (including phenoxy) is 1. The molecule has 0 aromatic carbocycles. The summed E-state index contributed by atoms with van der Waals surface area (Å²) in [6, 6.07) is 0. The zero-order chi connectivity index (χ0) is 13.1. The zero-order valence-electron chi connectivity index (χ0n) is 12.0. The Kier molecular flexibility index (Phi) is 12.4. The highest BCUT2D eigenvalue weighted by molar-refractivity contribution is 5.85. The van der Waals surface area contributed by atoms with E-state index in [0.29, 0.717) is 6.42 Å². The van der Waals surface area contributed by atoms with Crippen LogP contribution in [0.2, 0.25) is 0 Å². The fraction of sp³-hybridized carbons (Fsp3) is 0.923. The van der Waals surface area contributed by atoms with Crippen molar-refractivity contribution in [3.05, 3.63) is 0 Å². The summed E-state index contributed by atoms with van der Waals surface area (Å²) >= 11 is 0. The van der Waals surface area contributed by atoms with E-state index in [2.05, 4.69) is 15.5 Å². The molecule has 0 aliphatic carbocycles. The van der Waals surface area contributed by atoms with E-state index < -0.39 is 0 Å². The largest absolute Gasteiger partial charge is 0.385 e. The molecule has 0 saturated carbocycles. The van der Waals surface area contributed by atoms with Gasteiger partial charge in [-0.25, -0.2) is 0 Å². The molecule has 0 atom stereocenters. The Hall–Kier alpha value is -0.360. The van der Waals surface area contributed by atoms with Crippen LogP contribution < -0.4 is 10.6 Å². The van der Waals surface area contributed by atoms with Crippen molar-refractivity contribution in [3.63, 3.8) is 0 Å². The minimum Gasteiger partial charge on any atom is -0.385 e. The first kappa shape index (κ1) is 18.6. The molecule has 1 heterocycles. The molecule has 0 aromatic rings. The number of carbonyl (C=O) groups is 1. The van der Waals surface area contributed by atoms with Crippen molar-refractivity contribution in [1.29, 1.82) is 0 Å². The van der Waals surface area contributed by atoms with E-state index in [1.165, 1.54) is 0 Å². The highest BCUT2D eigenvalue weighted by Crippen LogP contribution is 1.96.